The fourth-order valence-electron chi connectivity index (χ4n) is 1.13. The quantitative estimate of drug-likeness (QED) is 0.638. The van der Waals surface area contributed by atoms with Crippen LogP contribution in [-0.2, 0) is 19.1 Å². The third kappa shape index (κ3) is 2.99. The Balaban J connectivity index is 2.40. The van der Waals surface area contributed by atoms with E-state index in [0.29, 0.717) is 31.8 Å². The molecule has 0 radical (unpaired) electrons. The van der Waals surface area contributed by atoms with Crippen molar-refractivity contribution in [2.24, 2.45) is 5.16 Å². The highest BCUT2D eigenvalue weighted by atomic mass is 16.8. The molecule has 0 aromatic carbocycles. The maximum Gasteiger partial charge on any atom is 0.356 e. The second-order valence-corrected chi connectivity index (χ2v) is 2.79. The number of hydrogen-bond donors (Lipinski definition) is 0. The minimum atomic E-state index is -0.401. The van der Waals surface area contributed by atoms with E-state index in [1.54, 1.807) is 6.92 Å². The normalized spacial score (nSPS) is 21.0. The molecule has 0 fully saturated rings. The molecule has 14 heavy (non-hydrogen) atoms. The minimum absolute atomic E-state index is 0.321. The van der Waals surface area contributed by atoms with Crippen molar-refractivity contribution in [1.29, 1.82) is 0 Å². The van der Waals surface area contributed by atoms with Gasteiger partial charge >= 0.3 is 5.97 Å². The molecule has 80 valence electrons. The van der Waals surface area contributed by atoms with Gasteiger partial charge in [0.25, 0.3) is 0 Å². The van der Waals surface area contributed by atoms with Crippen LogP contribution in [0.4, 0.5) is 0 Å². The lowest BCUT2D eigenvalue weighted by Crippen LogP contribution is -2.27. The smallest absolute Gasteiger partial charge is 0.356 e. The average Bonchev–Trinajstić information content (AvgIpc) is 2.20. The summed E-state index contributed by atoms with van der Waals surface area (Å²) >= 11 is 0. The van der Waals surface area contributed by atoms with E-state index in [-0.39, 0.29) is 6.29 Å². The van der Waals surface area contributed by atoms with Crippen molar-refractivity contribution < 1.29 is 19.1 Å². The fourth-order valence-corrected chi connectivity index (χ4v) is 1.13. The van der Waals surface area contributed by atoms with Crippen molar-refractivity contribution in [2.45, 2.75) is 33.0 Å². The molecule has 1 aliphatic rings. The molecule has 1 heterocycles. The highest BCUT2D eigenvalue weighted by molar-refractivity contribution is 6.36. The molecule has 0 saturated heterocycles. The number of oxime groups is 1. The van der Waals surface area contributed by atoms with Gasteiger partial charge in [0.15, 0.2) is 5.71 Å². The van der Waals surface area contributed by atoms with Gasteiger partial charge < -0.3 is 14.3 Å². The Hall–Kier alpha value is -1.10. The first kappa shape index (κ1) is 11.0. The summed E-state index contributed by atoms with van der Waals surface area (Å²) in [5.74, 6) is -0.401. The Morgan fingerprint density at radius 1 is 1.57 bits per heavy atom. The van der Waals surface area contributed by atoms with Gasteiger partial charge in [0.1, 0.15) is 0 Å². The van der Waals surface area contributed by atoms with Crippen molar-refractivity contribution in [1.82, 2.24) is 0 Å². The number of nitrogens with zero attached hydrogens (tertiary/aromatic N) is 1. The number of rotatable bonds is 4. The van der Waals surface area contributed by atoms with Gasteiger partial charge in [-0.15, -0.1) is 0 Å². The van der Waals surface area contributed by atoms with Crippen molar-refractivity contribution >= 4 is 11.7 Å². The van der Waals surface area contributed by atoms with Crippen LogP contribution in [0.2, 0.25) is 0 Å². The zero-order valence-electron chi connectivity index (χ0n) is 8.49. The summed E-state index contributed by atoms with van der Waals surface area (Å²) in [5.41, 5.74) is 0.336. The lowest BCUT2D eigenvalue weighted by atomic mass is 10.2. The molecule has 0 bridgehead atoms. The Labute approximate surface area is 83.0 Å². The average molecular weight is 201 g/mol. The molecular weight excluding hydrogens is 186 g/mol. The molecule has 0 aromatic rings. The molecule has 5 heteroatoms. The number of carbonyl (C=O) groups excluding carboxylic acids is 1. The molecule has 0 N–H and O–H groups in total. The van der Waals surface area contributed by atoms with Crippen LogP contribution in [0.1, 0.15) is 26.7 Å². The molecule has 0 aromatic heterocycles. The molecule has 1 atom stereocenters. The van der Waals surface area contributed by atoms with E-state index in [4.69, 9.17) is 14.3 Å². The van der Waals surface area contributed by atoms with Crippen LogP contribution >= 0.6 is 0 Å². The maximum absolute atomic E-state index is 11.2. The van der Waals surface area contributed by atoms with Crippen molar-refractivity contribution in [3.63, 3.8) is 0 Å². The van der Waals surface area contributed by atoms with Gasteiger partial charge in [-0.3, -0.25) is 0 Å². The second-order valence-electron chi connectivity index (χ2n) is 2.79. The van der Waals surface area contributed by atoms with E-state index in [2.05, 4.69) is 5.16 Å². The molecule has 0 spiro atoms. The van der Waals surface area contributed by atoms with Gasteiger partial charge in [0, 0.05) is 19.4 Å². The lowest BCUT2D eigenvalue weighted by Gasteiger charge is -2.19. The zero-order chi connectivity index (χ0) is 10.4. The van der Waals surface area contributed by atoms with Gasteiger partial charge in [-0.25, -0.2) is 4.79 Å². The van der Waals surface area contributed by atoms with Gasteiger partial charge in [0.2, 0.25) is 6.29 Å². The van der Waals surface area contributed by atoms with Gasteiger partial charge in [0.05, 0.1) is 6.61 Å². The van der Waals surface area contributed by atoms with Crippen molar-refractivity contribution in [2.75, 3.05) is 13.2 Å². The predicted molar refractivity (Wildman–Crippen MR) is 49.8 cm³/mol. The highest BCUT2D eigenvalue weighted by Gasteiger charge is 2.22. The summed E-state index contributed by atoms with van der Waals surface area (Å²) in [7, 11) is 0. The molecule has 0 aliphatic carbocycles. The first-order chi connectivity index (χ1) is 6.77. The van der Waals surface area contributed by atoms with Gasteiger partial charge in [-0.1, -0.05) is 5.16 Å². The number of hydrogen-bond acceptors (Lipinski definition) is 5. The van der Waals surface area contributed by atoms with Crippen LogP contribution in [0.25, 0.3) is 0 Å². The predicted octanol–water partition coefficient (Wildman–Crippen LogP) is 1.08. The maximum atomic E-state index is 11.2. The first-order valence-electron chi connectivity index (χ1n) is 4.79. The SMILES string of the molecule is CCOC(=O)C1=NOC(OCC)CC1. The van der Waals surface area contributed by atoms with Gasteiger partial charge in [-0.05, 0) is 13.8 Å². The second kappa shape index (κ2) is 5.59. The van der Waals surface area contributed by atoms with E-state index in [1.165, 1.54) is 0 Å². The zero-order valence-corrected chi connectivity index (χ0v) is 8.49. The Morgan fingerprint density at radius 2 is 2.36 bits per heavy atom. The monoisotopic (exact) mass is 201 g/mol. The summed E-state index contributed by atoms with van der Waals surface area (Å²) in [6.45, 7) is 4.57. The van der Waals surface area contributed by atoms with E-state index in [0.717, 1.165) is 0 Å². The van der Waals surface area contributed by atoms with Crippen molar-refractivity contribution in [3.05, 3.63) is 0 Å². The van der Waals surface area contributed by atoms with Crippen LogP contribution < -0.4 is 0 Å². The van der Waals surface area contributed by atoms with E-state index < -0.39 is 5.97 Å². The molecule has 5 nitrogen and oxygen atoms in total. The highest BCUT2D eigenvalue weighted by Crippen LogP contribution is 2.13. The van der Waals surface area contributed by atoms with Crippen LogP contribution in [-0.4, -0.2) is 31.2 Å². The van der Waals surface area contributed by atoms with Crippen LogP contribution in [0, 0.1) is 0 Å². The summed E-state index contributed by atoms with van der Waals surface area (Å²) in [6, 6.07) is 0. The Morgan fingerprint density at radius 3 is 2.86 bits per heavy atom. The fraction of sp³-hybridized carbons (Fsp3) is 0.778. The van der Waals surface area contributed by atoms with E-state index >= 15 is 0 Å². The summed E-state index contributed by atoms with van der Waals surface area (Å²) in [5, 5.41) is 3.67. The molecule has 0 saturated carbocycles. The Bertz CT molecular complexity index is 227. The lowest BCUT2D eigenvalue weighted by molar-refractivity contribution is -0.151. The molecular formula is C9H15NO4. The van der Waals surface area contributed by atoms with Crippen LogP contribution in [0.5, 0.6) is 0 Å². The third-order valence-electron chi connectivity index (χ3n) is 1.76. The van der Waals surface area contributed by atoms with Crippen molar-refractivity contribution in [3.8, 4) is 0 Å². The third-order valence-corrected chi connectivity index (χ3v) is 1.76. The summed E-state index contributed by atoms with van der Waals surface area (Å²) < 4.78 is 9.98. The number of ether oxygens (including phenoxy) is 2. The van der Waals surface area contributed by atoms with E-state index in [1.807, 2.05) is 6.92 Å². The van der Waals surface area contributed by atoms with E-state index in [9.17, 15) is 4.79 Å². The topological polar surface area (TPSA) is 57.1 Å². The standard InChI is InChI=1S/C9H15NO4/c1-3-12-8-6-5-7(10-14-8)9(11)13-4-2/h8H,3-6H2,1-2H3. The van der Waals surface area contributed by atoms with Crippen LogP contribution in [0.3, 0.4) is 0 Å². The minimum Gasteiger partial charge on any atom is -0.461 e. The van der Waals surface area contributed by atoms with Gasteiger partial charge in [-0.2, -0.15) is 0 Å². The number of esters is 1. The molecule has 1 aliphatic heterocycles. The van der Waals surface area contributed by atoms with Crippen LogP contribution in [0.15, 0.2) is 5.16 Å². The molecule has 1 rings (SSSR count). The largest absolute Gasteiger partial charge is 0.461 e. The molecule has 0 amide bonds. The Kier molecular flexibility index (Phi) is 4.39. The molecule has 1 unspecified atom stereocenters. The summed E-state index contributed by atoms with van der Waals surface area (Å²) in [6.07, 6.45) is 0.868. The summed E-state index contributed by atoms with van der Waals surface area (Å²) in [4.78, 5) is 16.2. The first-order valence-corrected chi connectivity index (χ1v) is 4.79. The number of carbonyl (C=O) groups is 1.